The fourth-order valence-electron chi connectivity index (χ4n) is 4.12. The minimum absolute atomic E-state index is 0.245. The molecule has 12 heteroatoms. The van der Waals surface area contributed by atoms with Crippen LogP contribution in [0.2, 0.25) is 0 Å². The zero-order valence-electron chi connectivity index (χ0n) is 18.7. The molecule has 0 amide bonds. The third-order valence-electron chi connectivity index (χ3n) is 6.17. The summed E-state index contributed by atoms with van der Waals surface area (Å²) in [6, 6.07) is 10.00. The Hall–Kier alpha value is -4.66. The van der Waals surface area contributed by atoms with Crippen molar-refractivity contribution < 1.29 is 5.11 Å². The number of nitrogens with zero attached hydrogens (tertiary/aromatic N) is 8. The Labute approximate surface area is 198 Å². The molecule has 2 aliphatic rings. The molecular weight excluding hydrogens is 448 g/mol. The summed E-state index contributed by atoms with van der Waals surface area (Å²) in [5.41, 5.74) is 2.52. The van der Waals surface area contributed by atoms with Gasteiger partial charge in [-0.2, -0.15) is 24.8 Å². The Morgan fingerprint density at radius 2 is 1.83 bits per heavy atom. The number of hydrogen-bond acceptors (Lipinski definition) is 9. The van der Waals surface area contributed by atoms with Crippen molar-refractivity contribution in [3.63, 3.8) is 0 Å². The van der Waals surface area contributed by atoms with Gasteiger partial charge in [-0.25, -0.2) is 9.79 Å². The van der Waals surface area contributed by atoms with Crippen LogP contribution in [0.3, 0.4) is 0 Å². The first kappa shape index (κ1) is 20.9. The molecule has 4 aromatic rings. The zero-order chi connectivity index (χ0) is 23.9. The van der Waals surface area contributed by atoms with E-state index in [1.54, 1.807) is 16.8 Å². The van der Waals surface area contributed by atoms with E-state index in [4.69, 9.17) is 20.2 Å². The number of piperazine rings is 1. The Morgan fingerprint density at radius 1 is 1.09 bits per heavy atom. The molecule has 0 atom stereocenters. The molecule has 0 bridgehead atoms. The molecule has 6 rings (SSSR count). The van der Waals surface area contributed by atoms with Gasteiger partial charge in [-0.1, -0.05) is 0 Å². The van der Waals surface area contributed by atoms with Gasteiger partial charge in [-0.3, -0.25) is 4.98 Å². The number of aromatic hydroxyl groups is 1. The summed E-state index contributed by atoms with van der Waals surface area (Å²) < 4.78 is 1.60. The van der Waals surface area contributed by atoms with E-state index in [1.165, 1.54) is 0 Å². The normalized spacial score (nSPS) is 17.3. The lowest BCUT2D eigenvalue weighted by Crippen LogP contribution is -2.47. The number of anilines is 2. The lowest BCUT2D eigenvalue weighted by Gasteiger charge is -2.36. The standard InChI is InChI=1S/C23H22N10O2/c24-12-14-1-5-17(6-2-14)31-7-9-32(10-8-31)21-28-19-15(11-18-20(34)29-23(35)27-18)13-25-33(19)22(30-21)26-16-3-4-16/h1-2,5-6,11,13,16,34H,3-4,7-10H2,(H2,27,29,35). The summed E-state index contributed by atoms with van der Waals surface area (Å²) in [6.07, 6.45) is 5.30. The first-order chi connectivity index (χ1) is 17.1. The molecule has 0 spiro atoms. The van der Waals surface area contributed by atoms with Crippen LogP contribution in [0.1, 0.15) is 24.1 Å². The molecule has 1 aromatic carbocycles. The fourth-order valence-corrected chi connectivity index (χ4v) is 4.12. The topological polar surface area (TPSA) is 155 Å². The number of imidazole rings is 1. The Morgan fingerprint density at radius 3 is 2.49 bits per heavy atom. The quantitative estimate of drug-likeness (QED) is 0.366. The van der Waals surface area contributed by atoms with Crippen molar-refractivity contribution in [2.24, 2.45) is 4.99 Å². The van der Waals surface area contributed by atoms with E-state index in [1.807, 2.05) is 24.3 Å². The minimum atomic E-state index is -0.495. The van der Waals surface area contributed by atoms with Crippen LogP contribution in [0.25, 0.3) is 11.7 Å². The average Bonchev–Trinajstić information content (AvgIpc) is 3.52. The number of nitriles is 1. The number of H-pyrrole nitrogens is 2. The summed E-state index contributed by atoms with van der Waals surface area (Å²) in [6.45, 7) is 3.01. The number of aromatic amines is 2. The van der Waals surface area contributed by atoms with Crippen molar-refractivity contribution in [1.82, 2.24) is 29.5 Å². The van der Waals surface area contributed by atoms with Gasteiger partial charge in [0.25, 0.3) is 5.62 Å². The van der Waals surface area contributed by atoms with Crippen molar-refractivity contribution in [3.8, 4) is 11.9 Å². The van der Waals surface area contributed by atoms with Gasteiger partial charge in [-0.15, -0.1) is 0 Å². The number of fused-ring (bicyclic) bond motifs is 1. The van der Waals surface area contributed by atoms with E-state index in [2.05, 4.69) is 30.9 Å². The van der Waals surface area contributed by atoms with Gasteiger partial charge in [0, 0.05) is 37.1 Å². The first-order valence-corrected chi connectivity index (χ1v) is 11.4. The second-order valence-electron chi connectivity index (χ2n) is 8.64. The highest BCUT2D eigenvalue weighted by Crippen LogP contribution is 2.23. The maximum atomic E-state index is 11.5. The molecule has 12 nitrogen and oxygen atoms in total. The Kier molecular flexibility index (Phi) is 4.95. The SMILES string of the molecule is N#Cc1ccc(N2CCN(c3nc(=NC4CC4)n4ncc(=Cc5[nH]c(=O)[nH]c5O)c4n3)CC2)cc1. The molecule has 3 N–H and O–H groups in total. The summed E-state index contributed by atoms with van der Waals surface area (Å²) >= 11 is 0. The minimum Gasteiger partial charge on any atom is -0.493 e. The molecule has 1 aliphatic carbocycles. The van der Waals surface area contributed by atoms with Gasteiger partial charge in [-0.05, 0) is 43.2 Å². The molecule has 0 radical (unpaired) electrons. The zero-order valence-corrected chi connectivity index (χ0v) is 18.7. The molecule has 1 aliphatic heterocycles. The van der Waals surface area contributed by atoms with Gasteiger partial charge >= 0.3 is 5.69 Å². The highest BCUT2D eigenvalue weighted by atomic mass is 16.3. The second-order valence-corrected chi connectivity index (χ2v) is 8.64. The molecule has 2 fully saturated rings. The molecule has 0 unspecified atom stereocenters. The Bertz CT molecular complexity index is 1610. The maximum absolute atomic E-state index is 11.5. The number of aromatic nitrogens is 6. The molecule has 35 heavy (non-hydrogen) atoms. The molecular formula is C23H22N10O2. The lowest BCUT2D eigenvalue weighted by atomic mass is 10.2. The largest absolute Gasteiger partial charge is 0.493 e. The molecule has 3 aromatic heterocycles. The Balaban J connectivity index is 1.34. The van der Waals surface area contributed by atoms with Gasteiger partial charge in [0.15, 0.2) is 5.65 Å². The van der Waals surface area contributed by atoms with Crippen LogP contribution < -0.4 is 26.3 Å². The van der Waals surface area contributed by atoms with Gasteiger partial charge < -0.3 is 19.9 Å². The van der Waals surface area contributed by atoms with E-state index in [0.29, 0.717) is 28.0 Å². The maximum Gasteiger partial charge on any atom is 0.326 e. The molecule has 1 saturated heterocycles. The van der Waals surface area contributed by atoms with Crippen LogP contribution in [0, 0.1) is 11.3 Å². The van der Waals surface area contributed by atoms with E-state index < -0.39 is 5.69 Å². The highest BCUT2D eigenvalue weighted by molar-refractivity contribution is 5.57. The van der Waals surface area contributed by atoms with E-state index in [0.717, 1.165) is 44.7 Å². The van der Waals surface area contributed by atoms with Crippen molar-refractivity contribution in [1.29, 1.82) is 5.26 Å². The predicted octanol–water partition coefficient (Wildman–Crippen LogP) is -0.345. The van der Waals surface area contributed by atoms with E-state index >= 15 is 0 Å². The first-order valence-electron chi connectivity index (χ1n) is 11.4. The van der Waals surface area contributed by atoms with E-state index in [-0.39, 0.29) is 17.6 Å². The van der Waals surface area contributed by atoms with Crippen molar-refractivity contribution >= 4 is 23.4 Å². The van der Waals surface area contributed by atoms with Gasteiger partial charge in [0.1, 0.15) is 5.69 Å². The van der Waals surface area contributed by atoms with Crippen LogP contribution in [-0.4, -0.2) is 66.9 Å². The molecule has 1 saturated carbocycles. The van der Waals surface area contributed by atoms with Gasteiger partial charge in [0.05, 0.1) is 23.9 Å². The third kappa shape index (κ3) is 4.08. The smallest absolute Gasteiger partial charge is 0.326 e. The monoisotopic (exact) mass is 470 g/mol. The summed E-state index contributed by atoms with van der Waals surface area (Å²) in [7, 11) is 0. The van der Waals surface area contributed by atoms with Gasteiger partial charge in [0.2, 0.25) is 11.8 Å². The number of nitrogens with one attached hydrogen (secondary N) is 2. The fraction of sp³-hybridized carbons (Fsp3) is 0.304. The second kappa shape index (κ2) is 8.28. The van der Waals surface area contributed by atoms with Crippen molar-refractivity contribution in [2.45, 2.75) is 18.9 Å². The van der Waals surface area contributed by atoms with Crippen molar-refractivity contribution in [2.75, 3.05) is 36.0 Å². The molecule has 176 valence electrons. The summed E-state index contributed by atoms with van der Waals surface area (Å²) in [5.74, 6) is 0.323. The summed E-state index contributed by atoms with van der Waals surface area (Å²) in [4.78, 5) is 35.0. The van der Waals surface area contributed by atoms with Crippen molar-refractivity contribution in [3.05, 3.63) is 63.0 Å². The molecule has 4 heterocycles. The number of hydrogen-bond donors (Lipinski definition) is 3. The lowest BCUT2D eigenvalue weighted by molar-refractivity contribution is 0.454. The predicted molar refractivity (Wildman–Crippen MR) is 127 cm³/mol. The summed E-state index contributed by atoms with van der Waals surface area (Å²) in [5, 5.41) is 24.0. The average molecular weight is 470 g/mol. The van der Waals surface area contributed by atoms with Crippen LogP contribution >= 0.6 is 0 Å². The number of benzene rings is 1. The van der Waals surface area contributed by atoms with Crippen LogP contribution in [-0.2, 0) is 0 Å². The van der Waals surface area contributed by atoms with Crippen LogP contribution in [0.5, 0.6) is 5.88 Å². The third-order valence-corrected chi connectivity index (χ3v) is 6.17. The van der Waals surface area contributed by atoms with Crippen LogP contribution in [0.4, 0.5) is 11.6 Å². The van der Waals surface area contributed by atoms with E-state index in [9.17, 15) is 9.90 Å². The highest BCUT2D eigenvalue weighted by Gasteiger charge is 2.23. The number of rotatable bonds is 4. The van der Waals surface area contributed by atoms with Crippen LogP contribution in [0.15, 0.2) is 40.2 Å².